The molecule has 4 nitrogen and oxygen atoms in total. The lowest BCUT2D eigenvalue weighted by atomic mass is 10.1. The number of likely N-dealkylation sites (tertiary alicyclic amines) is 1. The van der Waals surface area contributed by atoms with Crippen LogP contribution >= 0.6 is 0 Å². The second-order valence-corrected chi connectivity index (χ2v) is 5.04. The normalized spacial score (nSPS) is 19.1. The highest BCUT2D eigenvalue weighted by atomic mass is 16.5. The standard InChI is InChI=1S/C15H22N2O2/c1-15(16-2,17-10-6-7-11-17)14(18)12-19-13-8-4-3-5-9-13/h3-5,8-9,16H,6-7,10-12H2,1-2H3. The largest absolute Gasteiger partial charge is 0.486 e. The van der Waals surface area contributed by atoms with Crippen LogP contribution in [-0.2, 0) is 4.79 Å². The van der Waals surface area contributed by atoms with Crippen LogP contribution in [0.4, 0.5) is 0 Å². The third-order valence-corrected chi connectivity index (χ3v) is 3.88. The summed E-state index contributed by atoms with van der Waals surface area (Å²) in [4.78, 5) is 14.6. The molecule has 1 heterocycles. The smallest absolute Gasteiger partial charge is 0.204 e. The van der Waals surface area contributed by atoms with Gasteiger partial charge < -0.3 is 4.74 Å². The molecule has 0 amide bonds. The first-order valence-corrected chi connectivity index (χ1v) is 6.82. The molecular formula is C15H22N2O2. The van der Waals surface area contributed by atoms with E-state index >= 15 is 0 Å². The van der Waals surface area contributed by atoms with Crippen molar-refractivity contribution >= 4 is 5.78 Å². The zero-order chi connectivity index (χ0) is 13.7. The molecule has 0 aliphatic carbocycles. The predicted octanol–water partition coefficient (Wildman–Crippen LogP) is 1.67. The summed E-state index contributed by atoms with van der Waals surface area (Å²) in [6, 6.07) is 9.45. The Morgan fingerprint density at radius 3 is 2.53 bits per heavy atom. The Kier molecular flexibility index (Phi) is 4.56. The number of ether oxygens (including phenoxy) is 1. The Balaban J connectivity index is 1.97. The number of hydrogen-bond donors (Lipinski definition) is 1. The minimum absolute atomic E-state index is 0.0701. The van der Waals surface area contributed by atoms with Gasteiger partial charge in [0.15, 0.2) is 0 Å². The Bertz CT molecular complexity index is 415. The predicted molar refractivity (Wildman–Crippen MR) is 75.2 cm³/mol. The number of carbonyl (C=O) groups is 1. The number of nitrogens with one attached hydrogen (secondary N) is 1. The third kappa shape index (κ3) is 3.14. The molecule has 0 bridgehead atoms. The van der Waals surface area contributed by atoms with Crippen LogP contribution in [0, 0.1) is 0 Å². The van der Waals surface area contributed by atoms with Crippen molar-refractivity contribution in [1.82, 2.24) is 10.2 Å². The van der Waals surface area contributed by atoms with Crippen molar-refractivity contribution in [2.24, 2.45) is 0 Å². The molecule has 1 saturated heterocycles. The number of nitrogens with zero attached hydrogens (tertiary/aromatic N) is 1. The number of Topliss-reactive ketones (excluding diaryl/α,β-unsaturated/α-hetero) is 1. The van der Waals surface area contributed by atoms with Gasteiger partial charge in [0.25, 0.3) is 0 Å². The number of carbonyl (C=O) groups excluding carboxylic acids is 1. The van der Waals surface area contributed by atoms with E-state index in [0.29, 0.717) is 0 Å². The lowest BCUT2D eigenvalue weighted by Gasteiger charge is -2.36. The van der Waals surface area contributed by atoms with E-state index in [1.807, 2.05) is 44.3 Å². The van der Waals surface area contributed by atoms with Gasteiger partial charge in [0.2, 0.25) is 5.78 Å². The molecule has 1 atom stereocenters. The number of benzene rings is 1. The average Bonchev–Trinajstić information content (AvgIpc) is 2.99. The molecule has 1 unspecified atom stereocenters. The molecule has 19 heavy (non-hydrogen) atoms. The first-order valence-electron chi connectivity index (χ1n) is 6.82. The average molecular weight is 262 g/mol. The van der Waals surface area contributed by atoms with Gasteiger partial charge in [0.1, 0.15) is 18.0 Å². The van der Waals surface area contributed by atoms with E-state index in [2.05, 4.69) is 10.2 Å². The molecule has 1 N–H and O–H groups in total. The summed E-state index contributed by atoms with van der Waals surface area (Å²) in [6.07, 6.45) is 2.31. The van der Waals surface area contributed by atoms with Crippen molar-refractivity contribution in [2.45, 2.75) is 25.4 Å². The Morgan fingerprint density at radius 1 is 1.32 bits per heavy atom. The van der Waals surface area contributed by atoms with E-state index in [0.717, 1.165) is 31.7 Å². The molecule has 0 spiro atoms. The van der Waals surface area contributed by atoms with E-state index in [9.17, 15) is 4.79 Å². The molecule has 1 aliphatic rings. The van der Waals surface area contributed by atoms with Crippen molar-refractivity contribution < 1.29 is 9.53 Å². The van der Waals surface area contributed by atoms with Gasteiger partial charge >= 0.3 is 0 Å². The summed E-state index contributed by atoms with van der Waals surface area (Å²) >= 11 is 0. The van der Waals surface area contributed by atoms with Crippen molar-refractivity contribution in [3.63, 3.8) is 0 Å². The lowest BCUT2D eigenvalue weighted by molar-refractivity contribution is -0.133. The van der Waals surface area contributed by atoms with Gasteiger partial charge in [0, 0.05) is 13.1 Å². The number of likely N-dealkylation sites (N-methyl/N-ethyl adjacent to an activating group) is 1. The fourth-order valence-corrected chi connectivity index (χ4v) is 2.44. The van der Waals surface area contributed by atoms with Crippen LogP contribution in [0.25, 0.3) is 0 Å². The monoisotopic (exact) mass is 262 g/mol. The molecule has 0 saturated carbocycles. The summed E-state index contributed by atoms with van der Waals surface area (Å²) < 4.78 is 5.56. The number of para-hydroxylation sites is 1. The Morgan fingerprint density at radius 2 is 1.95 bits per heavy atom. The van der Waals surface area contributed by atoms with Crippen LogP contribution in [0.15, 0.2) is 30.3 Å². The maximum Gasteiger partial charge on any atom is 0.204 e. The molecule has 1 aliphatic heterocycles. The first-order chi connectivity index (χ1) is 9.16. The molecule has 104 valence electrons. The summed E-state index contributed by atoms with van der Waals surface area (Å²) in [6.45, 7) is 3.97. The van der Waals surface area contributed by atoms with Gasteiger partial charge in [-0.25, -0.2) is 0 Å². The highest BCUT2D eigenvalue weighted by Crippen LogP contribution is 2.20. The van der Waals surface area contributed by atoms with E-state index in [1.54, 1.807) is 0 Å². The van der Waals surface area contributed by atoms with Crippen LogP contribution in [0.2, 0.25) is 0 Å². The lowest BCUT2D eigenvalue weighted by Crippen LogP contribution is -2.61. The number of rotatable bonds is 6. The highest BCUT2D eigenvalue weighted by Gasteiger charge is 2.39. The van der Waals surface area contributed by atoms with Crippen molar-refractivity contribution in [3.8, 4) is 5.75 Å². The SMILES string of the molecule is CNC(C)(C(=O)COc1ccccc1)N1CCCC1. The summed E-state index contributed by atoms with van der Waals surface area (Å²) in [5.41, 5.74) is -0.620. The van der Waals surface area contributed by atoms with Crippen LogP contribution < -0.4 is 10.1 Å². The number of hydrogen-bond acceptors (Lipinski definition) is 4. The zero-order valence-corrected chi connectivity index (χ0v) is 11.7. The van der Waals surface area contributed by atoms with Gasteiger partial charge in [-0.2, -0.15) is 0 Å². The molecule has 0 radical (unpaired) electrons. The molecule has 2 rings (SSSR count). The summed E-state index contributed by atoms with van der Waals surface area (Å²) in [5.74, 6) is 0.802. The maximum atomic E-state index is 12.4. The summed E-state index contributed by atoms with van der Waals surface area (Å²) in [5, 5.41) is 3.15. The second kappa shape index (κ2) is 6.17. The molecule has 1 aromatic carbocycles. The van der Waals surface area contributed by atoms with Gasteiger partial charge in [-0.05, 0) is 38.9 Å². The van der Waals surface area contributed by atoms with Gasteiger partial charge in [-0.1, -0.05) is 18.2 Å². The molecular weight excluding hydrogens is 240 g/mol. The zero-order valence-electron chi connectivity index (χ0n) is 11.7. The van der Waals surface area contributed by atoms with E-state index < -0.39 is 5.66 Å². The first kappa shape index (κ1) is 14.0. The van der Waals surface area contributed by atoms with Gasteiger partial charge in [-0.15, -0.1) is 0 Å². The molecule has 1 aromatic rings. The maximum absolute atomic E-state index is 12.4. The number of ketones is 1. The van der Waals surface area contributed by atoms with Crippen LogP contribution in [0.1, 0.15) is 19.8 Å². The minimum Gasteiger partial charge on any atom is -0.486 e. The van der Waals surface area contributed by atoms with E-state index in [-0.39, 0.29) is 12.4 Å². The fraction of sp³-hybridized carbons (Fsp3) is 0.533. The Hall–Kier alpha value is -1.39. The third-order valence-electron chi connectivity index (χ3n) is 3.88. The van der Waals surface area contributed by atoms with E-state index in [1.165, 1.54) is 0 Å². The minimum atomic E-state index is -0.620. The van der Waals surface area contributed by atoms with Crippen molar-refractivity contribution in [3.05, 3.63) is 30.3 Å². The Labute approximate surface area is 114 Å². The van der Waals surface area contributed by atoms with Crippen LogP contribution in [0.5, 0.6) is 5.75 Å². The van der Waals surface area contributed by atoms with Crippen molar-refractivity contribution in [2.75, 3.05) is 26.7 Å². The highest BCUT2D eigenvalue weighted by molar-refractivity contribution is 5.88. The molecule has 4 heteroatoms. The van der Waals surface area contributed by atoms with Crippen molar-refractivity contribution in [1.29, 1.82) is 0 Å². The van der Waals surface area contributed by atoms with E-state index in [4.69, 9.17) is 4.74 Å². The summed E-state index contributed by atoms with van der Waals surface area (Å²) in [7, 11) is 1.83. The topological polar surface area (TPSA) is 41.6 Å². The van der Waals surface area contributed by atoms with Gasteiger partial charge in [-0.3, -0.25) is 15.0 Å². The second-order valence-electron chi connectivity index (χ2n) is 5.04. The van der Waals surface area contributed by atoms with Crippen LogP contribution in [-0.4, -0.2) is 43.1 Å². The fourth-order valence-electron chi connectivity index (χ4n) is 2.44. The van der Waals surface area contributed by atoms with Crippen LogP contribution in [0.3, 0.4) is 0 Å². The van der Waals surface area contributed by atoms with Gasteiger partial charge in [0.05, 0.1) is 0 Å². The molecule has 1 fully saturated rings. The molecule has 0 aromatic heterocycles. The quantitative estimate of drug-likeness (QED) is 0.846.